The van der Waals surface area contributed by atoms with Crippen LogP contribution >= 0.6 is 11.8 Å². The number of carbonyl (C=O) groups is 2. The van der Waals surface area contributed by atoms with Crippen molar-refractivity contribution in [1.82, 2.24) is 4.90 Å². The smallest absolute Gasteiger partial charge is 0.259 e. The minimum Gasteiger partial charge on any atom is -0.323 e. The van der Waals surface area contributed by atoms with Crippen LogP contribution in [0.15, 0.2) is 52.4 Å². The van der Waals surface area contributed by atoms with E-state index in [1.807, 2.05) is 38.1 Å². The van der Waals surface area contributed by atoms with Crippen molar-refractivity contribution >= 4 is 46.0 Å². The SMILES string of the molecule is CC(C)[C@H]1N=C2c3ccccc3N=C(SCC(=O)Nc3ccc(F)cc3F)N2C1=O. The Labute approximate surface area is 176 Å². The summed E-state index contributed by atoms with van der Waals surface area (Å²) in [4.78, 5) is 35.8. The minimum atomic E-state index is -0.860. The molecule has 2 amide bonds. The largest absolute Gasteiger partial charge is 0.323 e. The molecule has 0 aromatic heterocycles. The van der Waals surface area contributed by atoms with Gasteiger partial charge in [0.1, 0.15) is 23.5 Å². The van der Waals surface area contributed by atoms with Gasteiger partial charge in [-0.3, -0.25) is 14.6 Å². The van der Waals surface area contributed by atoms with Crippen molar-refractivity contribution in [2.45, 2.75) is 19.9 Å². The van der Waals surface area contributed by atoms with E-state index in [0.717, 1.165) is 29.5 Å². The van der Waals surface area contributed by atoms with Gasteiger partial charge in [0, 0.05) is 11.6 Å². The third-order valence-electron chi connectivity index (χ3n) is 4.67. The highest BCUT2D eigenvalue weighted by Crippen LogP contribution is 2.34. The molecule has 1 N–H and O–H groups in total. The van der Waals surface area contributed by atoms with Crippen LogP contribution in [0.1, 0.15) is 19.4 Å². The summed E-state index contributed by atoms with van der Waals surface area (Å²) in [6.45, 7) is 3.84. The molecule has 1 atom stereocenters. The fraction of sp³-hybridized carbons (Fsp3) is 0.238. The lowest BCUT2D eigenvalue weighted by molar-refractivity contribution is -0.125. The first-order chi connectivity index (χ1) is 14.3. The van der Waals surface area contributed by atoms with Crippen LogP contribution < -0.4 is 5.32 Å². The fourth-order valence-electron chi connectivity index (χ4n) is 3.21. The number of nitrogens with one attached hydrogen (secondary N) is 1. The monoisotopic (exact) mass is 428 g/mol. The summed E-state index contributed by atoms with van der Waals surface area (Å²) in [5, 5.41) is 2.75. The average molecular weight is 428 g/mol. The van der Waals surface area contributed by atoms with E-state index in [1.165, 1.54) is 4.90 Å². The first kappa shape index (κ1) is 20.2. The van der Waals surface area contributed by atoms with Crippen molar-refractivity contribution in [3.8, 4) is 0 Å². The van der Waals surface area contributed by atoms with Gasteiger partial charge in [-0.15, -0.1) is 0 Å². The number of rotatable bonds is 4. The standard InChI is InChI=1S/C21H18F2N4O2S/c1-11(2)18-20(29)27-19(26-18)13-5-3-4-6-15(13)25-21(27)30-10-17(28)24-16-8-7-12(22)9-14(16)23/h3-9,11,18H,10H2,1-2H3,(H,24,28)/t18-/m1/s1. The van der Waals surface area contributed by atoms with Gasteiger partial charge in [0.2, 0.25) is 5.91 Å². The highest BCUT2D eigenvalue weighted by atomic mass is 32.2. The molecular weight excluding hydrogens is 410 g/mol. The van der Waals surface area contributed by atoms with E-state index in [4.69, 9.17) is 0 Å². The summed E-state index contributed by atoms with van der Waals surface area (Å²) in [6, 6.07) is 9.76. The molecule has 2 aromatic carbocycles. The van der Waals surface area contributed by atoms with Crippen LogP contribution in [0.25, 0.3) is 0 Å². The maximum absolute atomic E-state index is 13.8. The first-order valence-corrected chi connectivity index (χ1v) is 10.3. The number of fused-ring (bicyclic) bond motifs is 3. The van der Waals surface area contributed by atoms with E-state index in [2.05, 4.69) is 15.3 Å². The molecule has 2 heterocycles. The number of aliphatic imine (C=N–C) groups is 2. The highest BCUT2D eigenvalue weighted by molar-refractivity contribution is 8.14. The van der Waals surface area contributed by atoms with Crippen LogP contribution in [-0.4, -0.2) is 39.5 Å². The predicted molar refractivity (Wildman–Crippen MR) is 113 cm³/mol. The van der Waals surface area contributed by atoms with Crippen LogP contribution in [0, 0.1) is 17.6 Å². The number of amides is 2. The Morgan fingerprint density at radius 3 is 2.73 bits per heavy atom. The summed E-state index contributed by atoms with van der Waals surface area (Å²) < 4.78 is 26.8. The molecule has 0 fully saturated rings. The lowest BCUT2D eigenvalue weighted by atomic mass is 10.1. The summed E-state index contributed by atoms with van der Waals surface area (Å²) in [5.41, 5.74) is 1.31. The second-order valence-corrected chi connectivity index (χ2v) is 8.13. The quantitative estimate of drug-likeness (QED) is 0.801. The minimum absolute atomic E-state index is 0.0127. The Morgan fingerprint density at radius 2 is 2.00 bits per heavy atom. The Kier molecular flexibility index (Phi) is 5.38. The number of carbonyl (C=O) groups excluding carboxylic acids is 2. The van der Waals surface area contributed by atoms with Crippen LogP contribution in [0.5, 0.6) is 0 Å². The second kappa shape index (κ2) is 7.98. The number of hydrogen-bond donors (Lipinski definition) is 1. The van der Waals surface area contributed by atoms with Crippen LogP contribution in [-0.2, 0) is 9.59 Å². The number of nitrogens with zero attached hydrogens (tertiary/aromatic N) is 3. The Bertz CT molecular complexity index is 1100. The van der Waals surface area contributed by atoms with Crippen molar-refractivity contribution in [3.05, 3.63) is 59.7 Å². The Morgan fingerprint density at radius 1 is 1.23 bits per heavy atom. The molecular formula is C21H18F2N4O2S. The van der Waals surface area contributed by atoms with Crippen molar-refractivity contribution in [1.29, 1.82) is 0 Å². The average Bonchev–Trinajstić information content (AvgIpc) is 3.06. The third-order valence-corrected chi connectivity index (χ3v) is 5.61. The number of para-hydroxylation sites is 1. The topological polar surface area (TPSA) is 74.1 Å². The third kappa shape index (κ3) is 3.72. The molecule has 0 saturated carbocycles. The summed E-state index contributed by atoms with van der Waals surface area (Å²) in [7, 11) is 0. The number of thioether (sulfide) groups is 1. The van der Waals surface area contributed by atoms with Gasteiger partial charge in [-0.05, 0) is 30.2 Å². The number of hydrogen-bond acceptors (Lipinski definition) is 5. The molecule has 0 saturated heterocycles. The molecule has 154 valence electrons. The zero-order valence-corrected chi connectivity index (χ0v) is 17.0. The zero-order chi connectivity index (χ0) is 21.4. The predicted octanol–water partition coefficient (Wildman–Crippen LogP) is 3.95. The molecule has 2 aliphatic rings. The van der Waals surface area contributed by atoms with Crippen LogP contribution in [0.3, 0.4) is 0 Å². The second-order valence-electron chi connectivity index (χ2n) is 7.19. The van der Waals surface area contributed by atoms with E-state index in [-0.39, 0.29) is 23.3 Å². The normalized spacial score (nSPS) is 17.4. The Balaban J connectivity index is 1.55. The summed E-state index contributed by atoms with van der Waals surface area (Å²) >= 11 is 1.06. The van der Waals surface area contributed by atoms with Crippen molar-refractivity contribution < 1.29 is 18.4 Å². The van der Waals surface area contributed by atoms with Gasteiger partial charge in [-0.1, -0.05) is 37.7 Å². The summed E-state index contributed by atoms with van der Waals surface area (Å²) in [6.07, 6.45) is 0. The zero-order valence-electron chi connectivity index (χ0n) is 16.2. The van der Waals surface area contributed by atoms with Gasteiger partial charge in [0.05, 0.1) is 17.1 Å². The fourth-order valence-corrected chi connectivity index (χ4v) is 4.01. The van der Waals surface area contributed by atoms with Gasteiger partial charge in [-0.25, -0.2) is 18.7 Å². The lowest BCUT2D eigenvalue weighted by Crippen LogP contribution is -2.42. The number of halogens is 2. The van der Waals surface area contributed by atoms with Gasteiger partial charge < -0.3 is 5.32 Å². The molecule has 9 heteroatoms. The van der Waals surface area contributed by atoms with Crippen molar-refractivity contribution in [2.24, 2.45) is 15.9 Å². The first-order valence-electron chi connectivity index (χ1n) is 9.32. The highest BCUT2D eigenvalue weighted by Gasteiger charge is 2.42. The number of amidine groups is 2. The maximum atomic E-state index is 13.8. The van der Waals surface area contributed by atoms with E-state index in [9.17, 15) is 18.4 Å². The maximum Gasteiger partial charge on any atom is 0.259 e. The molecule has 4 rings (SSSR count). The Hall–Kier alpha value is -3.07. The number of anilines is 1. The number of benzene rings is 2. The molecule has 0 spiro atoms. The van der Waals surface area contributed by atoms with E-state index >= 15 is 0 Å². The molecule has 6 nitrogen and oxygen atoms in total. The van der Waals surface area contributed by atoms with Gasteiger partial charge >= 0.3 is 0 Å². The van der Waals surface area contributed by atoms with E-state index < -0.39 is 23.6 Å². The summed E-state index contributed by atoms with van der Waals surface area (Å²) in [5.74, 6) is -1.85. The van der Waals surface area contributed by atoms with Crippen LogP contribution in [0.4, 0.5) is 20.2 Å². The van der Waals surface area contributed by atoms with Crippen LogP contribution in [0.2, 0.25) is 0 Å². The van der Waals surface area contributed by atoms with E-state index in [1.54, 1.807) is 0 Å². The molecule has 2 aliphatic heterocycles. The van der Waals surface area contributed by atoms with E-state index in [0.29, 0.717) is 22.8 Å². The molecule has 0 aliphatic carbocycles. The van der Waals surface area contributed by atoms with Gasteiger partial charge in [0.15, 0.2) is 5.17 Å². The van der Waals surface area contributed by atoms with Crippen molar-refractivity contribution in [2.75, 3.05) is 11.1 Å². The van der Waals surface area contributed by atoms with Crippen molar-refractivity contribution in [3.63, 3.8) is 0 Å². The van der Waals surface area contributed by atoms with Gasteiger partial charge in [0.25, 0.3) is 5.91 Å². The molecule has 0 bridgehead atoms. The van der Waals surface area contributed by atoms with Gasteiger partial charge in [-0.2, -0.15) is 0 Å². The lowest BCUT2D eigenvalue weighted by Gasteiger charge is -2.25. The molecule has 2 aromatic rings. The molecule has 30 heavy (non-hydrogen) atoms. The molecule has 0 radical (unpaired) electrons. The molecule has 0 unspecified atom stereocenters.